The molecule has 4 aromatic carbocycles. The van der Waals surface area contributed by atoms with Gasteiger partial charge in [-0.3, -0.25) is 13.9 Å². The molecule has 0 aliphatic rings. The van der Waals surface area contributed by atoms with Gasteiger partial charge in [0.05, 0.1) is 10.6 Å². The van der Waals surface area contributed by atoms with Crippen molar-refractivity contribution in [1.82, 2.24) is 10.2 Å². The zero-order valence-electron chi connectivity index (χ0n) is 24.3. The van der Waals surface area contributed by atoms with Gasteiger partial charge < -0.3 is 10.2 Å². The topological polar surface area (TPSA) is 86.8 Å². The summed E-state index contributed by atoms with van der Waals surface area (Å²) in [5.74, 6) is -0.785. The Morgan fingerprint density at radius 3 is 1.93 bits per heavy atom. The number of para-hydroxylation sites is 1. The summed E-state index contributed by atoms with van der Waals surface area (Å²) >= 11 is 3.46. The number of benzene rings is 4. The maximum Gasteiger partial charge on any atom is 0.264 e. The normalized spacial score (nSPS) is 12.6. The Balaban J connectivity index is 1.78. The van der Waals surface area contributed by atoms with Gasteiger partial charge in [-0.1, -0.05) is 102 Å². The molecule has 0 spiro atoms. The smallest absolute Gasteiger partial charge is 0.264 e. The van der Waals surface area contributed by atoms with Crippen LogP contribution in [-0.4, -0.2) is 43.8 Å². The van der Waals surface area contributed by atoms with Crippen LogP contribution in [0.4, 0.5) is 5.69 Å². The summed E-state index contributed by atoms with van der Waals surface area (Å²) in [5.41, 5.74) is 2.05. The van der Waals surface area contributed by atoms with E-state index in [0.717, 1.165) is 26.3 Å². The SMILES string of the molecule is CC[C@@H](C)NC(=O)[C@H](Cc1ccccc1)N(Cc1ccc(Br)cc1)C(=O)CN(c1ccccc1)S(=O)(=O)c1ccccc1. The summed E-state index contributed by atoms with van der Waals surface area (Å²) in [5, 5.41) is 3.05. The summed E-state index contributed by atoms with van der Waals surface area (Å²) in [4.78, 5) is 29.8. The molecule has 0 fully saturated rings. The molecule has 43 heavy (non-hydrogen) atoms. The molecule has 4 rings (SSSR count). The Kier molecular flexibility index (Phi) is 11.1. The molecule has 9 heteroatoms. The van der Waals surface area contributed by atoms with Crippen molar-refractivity contribution in [2.24, 2.45) is 0 Å². The van der Waals surface area contributed by atoms with E-state index < -0.39 is 28.5 Å². The van der Waals surface area contributed by atoms with Crippen LogP contribution in [0.2, 0.25) is 0 Å². The van der Waals surface area contributed by atoms with E-state index in [0.29, 0.717) is 5.69 Å². The Bertz CT molecular complexity index is 1590. The average molecular weight is 663 g/mol. The fourth-order valence-electron chi connectivity index (χ4n) is 4.62. The Hall–Kier alpha value is -3.95. The molecule has 1 N–H and O–H groups in total. The number of hydrogen-bond donors (Lipinski definition) is 1. The highest BCUT2D eigenvalue weighted by Crippen LogP contribution is 2.25. The van der Waals surface area contributed by atoms with Crippen molar-refractivity contribution in [2.75, 3.05) is 10.8 Å². The van der Waals surface area contributed by atoms with Crippen molar-refractivity contribution < 1.29 is 18.0 Å². The summed E-state index contributed by atoms with van der Waals surface area (Å²) in [7, 11) is -4.11. The Labute approximate surface area is 262 Å². The van der Waals surface area contributed by atoms with E-state index in [1.807, 2.05) is 68.4 Å². The Morgan fingerprint density at radius 2 is 1.35 bits per heavy atom. The summed E-state index contributed by atoms with van der Waals surface area (Å²) < 4.78 is 29.9. The molecule has 4 aromatic rings. The minimum atomic E-state index is -4.11. The number of carbonyl (C=O) groups excluding carboxylic acids is 2. The number of rotatable bonds is 13. The molecular weight excluding hydrogens is 626 g/mol. The van der Waals surface area contributed by atoms with Crippen molar-refractivity contribution in [3.63, 3.8) is 0 Å². The highest BCUT2D eigenvalue weighted by molar-refractivity contribution is 9.10. The predicted molar refractivity (Wildman–Crippen MR) is 174 cm³/mol. The van der Waals surface area contributed by atoms with Gasteiger partial charge >= 0.3 is 0 Å². The lowest BCUT2D eigenvalue weighted by Gasteiger charge is -2.34. The molecule has 0 radical (unpaired) electrons. The lowest BCUT2D eigenvalue weighted by Crippen LogP contribution is -2.54. The molecule has 2 atom stereocenters. The Morgan fingerprint density at radius 1 is 0.791 bits per heavy atom. The monoisotopic (exact) mass is 661 g/mol. The number of anilines is 1. The third kappa shape index (κ3) is 8.55. The van der Waals surface area contributed by atoms with Crippen LogP contribution in [0.25, 0.3) is 0 Å². The zero-order chi connectivity index (χ0) is 30.8. The highest BCUT2D eigenvalue weighted by Gasteiger charge is 2.34. The van der Waals surface area contributed by atoms with Gasteiger partial charge in [-0.15, -0.1) is 0 Å². The molecular formula is C34H36BrN3O4S. The van der Waals surface area contributed by atoms with Crippen LogP contribution in [0.1, 0.15) is 31.4 Å². The van der Waals surface area contributed by atoms with Crippen molar-refractivity contribution in [3.8, 4) is 0 Å². The van der Waals surface area contributed by atoms with E-state index in [1.54, 1.807) is 48.5 Å². The molecule has 0 aliphatic heterocycles. The number of amides is 2. The van der Waals surface area contributed by atoms with Crippen molar-refractivity contribution in [1.29, 1.82) is 0 Å². The summed E-state index contributed by atoms with van der Waals surface area (Å²) in [6.07, 6.45) is 0.990. The van der Waals surface area contributed by atoms with E-state index in [2.05, 4.69) is 21.2 Å². The second kappa shape index (κ2) is 15.0. The molecule has 0 bridgehead atoms. The first-order valence-corrected chi connectivity index (χ1v) is 16.4. The number of hydrogen-bond acceptors (Lipinski definition) is 4. The van der Waals surface area contributed by atoms with Crippen LogP contribution in [0, 0.1) is 0 Å². The van der Waals surface area contributed by atoms with Crippen LogP contribution < -0.4 is 9.62 Å². The lowest BCUT2D eigenvalue weighted by atomic mass is 10.0. The van der Waals surface area contributed by atoms with Crippen LogP contribution in [0.15, 0.2) is 125 Å². The molecule has 0 saturated heterocycles. The van der Waals surface area contributed by atoms with E-state index >= 15 is 0 Å². The third-order valence-corrected chi connectivity index (χ3v) is 9.51. The summed E-state index contributed by atoms with van der Waals surface area (Å²) in [6, 6.07) is 32.6. The van der Waals surface area contributed by atoms with Gasteiger partial charge in [-0.05, 0) is 60.9 Å². The van der Waals surface area contributed by atoms with Crippen LogP contribution >= 0.6 is 15.9 Å². The largest absolute Gasteiger partial charge is 0.352 e. The van der Waals surface area contributed by atoms with E-state index in [4.69, 9.17) is 0 Å². The van der Waals surface area contributed by atoms with E-state index in [9.17, 15) is 18.0 Å². The van der Waals surface area contributed by atoms with Gasteiger partial charge in [0.1, 0.15) is 12.6 Å². The minimum Gasteiger partial charge on any atom is -0.352 e. The molecule has 0 heterocycles. The predicted octanol–water partition coefficient (Wildman–Crippen LogP) is 6.20. The fourth-order valence-corrected chi connectivity index (χ4v) is 6.32. The van der Waals surface area contributed by atoms with Gasteiger partial charge in [0.2, 0.25) is 11.8 Å². The first-order chi connectivity index (χ1) is 20.7. The first-order valence-electron chi connectivity index (χ1n) is 14.2. The molecule has 7 nitrogen and oxygen atoms in total. The highest BCUT2D eigenvalue weighted by atomic mass is 79.9. The maximum absolute atomic E-state index is 14.4. The quantitative estimate of drug-likeness (QED) is 0.185. The average Bonchev–Trinajstić information content (AvgIpc) is 3.03. The van der Waals surface area contributed by atoms with Gasteiger partial charge in [0.15, 0.2) is 0 Å². The first kappa shape index (κ1) is 32.0. The van der Waals surface area contributed by atoms with Crippen molar-refractivity contribution in [3.05, 3.63) is 131 Å². The lowest BCUT2D eigenvalue weighted by molar-refractivity contribution is -0.140. The van der Waals surface area contributed by atoms with Crippen molar-refractivity contribution >= 4 is 43.5 Å². The molecule has 0 aromatic heterocycles. The van der Waals surface area contributed by atoms with Crippen molar-refractivity contribution in [2.45, 2.75) is 50.2 Å². The van der Waals surface area contributed by atoms with Gasteiger partial charge in [-0.2, -0.15) is 0 Å². The van der Waals surface area contributed by atoms with E-state index in [-0.39, 0.29) is 29.8 Å². The number of nitrogens with zero attached hydrogens (tertiary/aromatic N) is 2. The second-order valence-corrected chi connectivity index (χ2v) is 13.1. The van der Waals surface area contributed by atoms with Gasteiger partial charge in [0, 0.05) is 23.5 Å². The molecule has 0 unspecified atom stereocenters. The van der Waals surface area contributed by atoms with Crippen LogP contribution in [0.3, 0.4) is 0 Å². The number of nitrogens with one attached hydrogen (secondary N) is 1. The van der Waals surface area contributed by atoms with Crippen LogP contribution in [-0.2, 0) is 32.6 Å². The molecule has 0 saturated carbocycles. The third-order valence-electron chi connectivity index (χ3n) is 7.19. The molecule has 224 valence electrons. The minimum absolute atomic E-state index is 0.0708. The second-order valence-electron chi connectivity index (χ2n) is 10.3. The molecule has 0 aliphatic carbocycles. The zero-order valence-corrected chi connectivity index (χ0v) is 26.7. The number of carbonyl (C=O) groups is 2. The number of sulfonamides is 1. The molecule has 2 amide bonds. The van der Waals surface area contributed by atoms with Gasteiger partial charge in [-0.25, -0.2) is 8.42 Å². The summed E-state index contributed by atoms with van der Waals surface area (Å²) in [6.45, 7) is 3.53. The van der Waals surface area contributed by atoms with Crippen LogP contribution in [0.5, 0.6) is 0 Å². The fraction of sp³-hybridized carbons (Fsp3) is 0.235. The van der Waals surface area contributed by atoms with Gasteiger partial charge in [0.25, 0.3) is 10.0 Å². The number of halogens is 1. The van der Waals surface area contributed by atoms with E-state index in [1.165, 1.54) is 17.0 Å². The maximum atomic E-state index is 14.4. The standard InChI is InChI=1S/C34H36BrN3O4S/c1-3-26(2)36-34(40)32(23-27-13-7-4-8-14-27)37(24-28-19-21-29(35)22-20-28)33(39)25-38(30-15-9-5-10-16-30)43(41,42)31-17-11-6-12-18-31/h4-22,26,32H,3,23-25H2,1-2H3,(H,36,40)/t26-,32+/m1/s1.